The lowest BCUT2D eigenvalue weighted by Gasteiger charge is -2.11. The van der Waals surface area contributed by atoms with E-state index in [1.165, 1.54) is 5.56 Å². The standard InChI is InChI=1S/C15H25NO2/c1-3-10-18-15-6-4-14(5-7-15)12-16-11-13(2)8-9-17/h4-7,13,16-17H,3,8-12H2,1-2H3. The number of nitrogens with one attached hydrogen (secondary N) is 1. The lowest BCUT2D eigenvalue weighted by atomic mass is 10.1. The lowest BCUT2D eigenvalue weighted by molar-refractivity contribution is 0.260. The van der Waals surface area contributed by atoms with Gasteiger partial charge in [0.25, 0.3) is 0 Å². The van der Waals surface area contributed by atoms with E-state index in [1.54, 1.807) is 0 Å². The van der Waals surface area contributed by atoms with Crippen molar-refractivity contribution in [3.63, 3.8) is 0 Å². The molecule has 0 fully saturated rings. The van der Waals surface area contributed by atoms with Gasteiger partial charge in [-0.15, -0.1) is 0 Å². The van der Waals surface area contributed by atoms with Gasteiger partial charge in [-0.2, -0.15) is 0 Å². The topological polar surface area (TPSA) is 41.5 Å². The number of ether oxygens (including phenoxy) is 1. The number of hydrogen-bond acceptors (Lipinski definition) is 3. The van der Waals surface area contributed by atoms with Crippen LogP contribution in [-0.2, 0) is 6.54 Å². The van der Waals surface area contributed by atoms with Gasteiger partial charge in [-0.3, -0.25) is 0 Å². The van der Waals surface area contributed by atoms with Crippen molar-refractivity contribution in [1.82, 2.24) is 5.32 Å². The molecule has 1 atom stereocenters. The van der Waals surface area contributed by atoms with Crippen molar-refractivity contribution in [3.8, 4) is 5.75 Å². The summed E-state index contributed by atoms with van der Waals surface area (Å²) in [6.07, 6.45) is 1.89. The molecular weight excluding hydrogens is 226 g/mol. The van der Waals surface area contributed by atoms with Crippen LogP contribution in [0.2, 0.25) is 0 Å². The second kappa shape index (κ2) is 8.95. The van der Waals surface area contributed by atoms with E-state index in [-0.39, 0.29) is 6.61 Å². The smallest absolute Gasteiger partial charge is 0.119 e. The zero-order valence-corrected chi connectivity index (χ0v) is 11.5. The van der Waals surface area contributed by atoms with Crippen molar-refractivity contribution in [2.75, 3.05) is 19.8 Å². The predicted octanol–water partition coefficient (Wildman–Crippen LogP) is 2.58. The largest absolute Gasteiger partial charge is 0.494 e. The third-order valence-corrected chi connectivity index (χ3v) is 2.84. The molecule has 102 valence electrons. The number of aliphatic hydroxyl groups excluding tert-OH is 1. The molecule has 18 heavy (non-hydrogen) atoms. The fourth-order valence-electron chi connectivity index (χ4n) is 1.71. The van der Waals surface area contributed by atoms with Gasteiger partial charge in [0.1, 0.15) is 5.75 Å². The van der Waals surface area contributed by atoms with Crippen molar-refractivity contribution >= 4 is 0 Å². The molecule has 0 saturated carbocycles. The van der Waals surface area contributed by atoms with Gasteiger partial charge < -0.3 is 15.2 Å². The summed E-state index contributed by atoms with van der Waals surface area (Å²) in [4.78, 5) is 0. The summed E-state index contributed by atoms with van der Waals surface area (Å²) in [7, 11) is 0. The first-order valence-electron chi connectivity index (χ1n) is 6.79. The molecule has 0 bridgehead atoms. The van der Waals surface area contributed by atoms with Gasteiger partial charge in [0.2, 0.25) is 0 Å². The van der Waals surface area contributed by atoms with Crippen LogP contribution in [0.5, 0.6) is 5.75 Å². The summed E-state index contributed by atoms with van der Waals surface area (Å²) >= 11 is 0. The zero-order valence-electron chi connectivity index (χ0n) is 11.5. The molecule has 0 heterocycles. The van der Waals surface area contributed by atoms with E-state index in [2.05, 4.69) is 31.3 Å². The maximum atomic E-state index is 8.81. The van der Waals surface area contributed by atoms with Crippen LogP contribution < -0.4 is 10.1 Å². The van der Waals surface area contributed by atoms with Crippen molar-refractivity contribution in [2.24, 2.45) is 5.92 Å². The molecule has 0 aliphatic rings. The highest BCUT2D eigenvalue weighted by Gasteiger charge is 2.00. The Morgan fingerprint density at radius 3 is 2.61 bits per heavy atom. The average molecular weight is 251 g/mol. The Hall–Kier alpha value is -1.06. The molecule has 0 spiro atoms. The lowest BCUT2D eigenvalue weighted by Crippen LogP contribution is -2.21. The summed E-state index contributed by atoms with van der Waals surface area (Å²) in [5.74, 6) is 1.46. The quantitative estimate of drug-likeness (QED) is 0.709. The molecule has 1 aromatic rings. The average Bonchev–Trinajstić information content (AvgIpc) is 2.38. The Kier molecular flexibility index (Phi) is 7.46. The van der Waals surface area contributed by atoms with E-state index >= 15 is 0 Å². The molecule has 0 aromatic heterocycles. The van der Waals surface area contributed by atoms with Gasteiger partial charge >= 0.3 is 0 Å². The minimum atomic E-state index is 0.270. The van der Waals surface area contributed by atoms with Crippen LogP contribution in [0.4, 0.5) is 0 Å². The molecule has 1 aromatic carbocycles. The molecular formula is C15H25NO2. The second-order valence-corrected chi connectivity index (χ2v) is 4.74. The number of benzene rings is 1. The summed E-state index contributed by atoms with van der Waals surface area (Å²) in [5.41, 5.74) is 1.26. The first-order valence-corrected chi connectivity index (χ1v) is 6.79. The molecule has 0 radical (unpaired) electrons. The van der Waals surface area contributed by atoms with E-state index in [0.717, 1.165) is 38.3 Å². The van der Waals surface area contributed by atoms with Gasteiger partial charge in [-0.25, -0.2) is 0 Å². The maximum Gasteiger partial charge on any atom is 0.119 e. The van der Waals surface area contributed by atoms with Crippen LogP contribution in [-0.4, -0.2) is 24.9 Å². The normalized spacial score (nSPS) is 12.4. The van der Waals surface area contributed by atoms with Crippen LogP contribution in [0.15, 0.2) is 24.3 Å². The molecule has 0 aliphatic heterocycles. The van der Waals surface area contributed by atoms with E-state index in [0.29, 0.717) is 5.92 Å². The van der Waals surface area contributed by atoms with Gasteiger partial charge in [0.05, 0.1) is 6.61 Å². The van der Waals surface area contributed by atoms with Crippen LogP contribution in [0.25, 0.3) is 0 Å². The predicted molar refractivity (Wildman–Crippen MR) is 74.8 cm³/mol. The molecule has 3 nitrogen and oxygen atoms in total. The molecule has 0 saturated heterocycles. The highest BCUT2D eigenvalue weighted by molar-refractivity contribution is 5.27. The number of aliphatic hydroxyl groups is 1. The highest BCUT2D eigenvalue weighted by atomic mass is 16.5. The molecule has 0 aliphatic carbocycles. The number of hydrogen-bond donors (Lipinski definition) is 2. The Labute approximate surface area is 110 Å². The Morgan fingerprint density at radius 2 is 2.00 bits per heavy atom. The van der Waals surface area contributed by atoms with Crippen molar-refractivity contribution in [2.45, 2.75) is 33.2 Å². The minimum Gasteiger partial charge on any atom is -0.494 e. The Bertz CT molecular complexity index is 311. The van der Waals surface area contributed by atoms with E-state index in [4.69, 9.17) is 9.84 Å². The monoisotopic (exact) mass is 251 g/mol. The third-order valence-electron chi connectivity index (χ3n) is 2.84. The molecule has 3 heteroatoms. The molecule has 1 rings (SSSR count). The Morgan fingerprint density at radius 1 is 1.28 bits per heavy atom. The SMILES string of the molecule is CCCOc1ccc(CNCC(C)CCO)cc1. The number of rotatable bonds is 9. The van der Waals surface area contributed by atoms with Gasteiger partial charge in [0, 0.05) is 13.2 Å². The van der Waals surface area contributed by atoms with Crippen LogP contribution >= 0.6 is 0 Å². The Balaban J connectivity index is 2.26. The summed E-state index contributed by atoms with van der Waals surface area (Å²) in [6.45, 7) is 7.10. The zero-order chi connectivity index (χ0) is 13.2. The fourth-order valence-corrected chi connectivity index (χ4v) is 1.71. The van der Waals surface area contributed by atoms with Gasteiger partial charge in [0.15, 0.2) is 0 Å². The van der Waals surface area contributed by atoms with E-state index in [1.807, 2.05) is 12.1 Å². The van der Waals surface area contributed by atoms with Crippen molar-refractivity contribution < 1.29 is 9.84 Å². The van der Waals surface area contributed by atoms with Crippen LogP contribution in [0, 0.1) is 5.92 Å². The molecule has 0 amide bonds. The molecule has 2 N–H and O–H groups in total. The van der Waals surface area contributed by atoms with Gasteiger partial charge in [-0.05, 0) is 43.0 Å². The summed E-state index contributed by atoms with van der Waals surface area (Å²) in [6, 6.07) is 8.22. The first-order chi connectivity index (χ1) is 8.76. The summed E-state index contributed by atoms with van der Waals surface area (Å²) in [5, 5.41) is 12.2. The first kappa shape index (κ1) is 15.0. The minimum absolute atomic E-state index is 0.270. The van der Waals surface area contributed by atoms with Crippen molar-refractivity contribution in [3.05, 3.63) is 29.8 Å². The van der Waals surface area contributed by atoms with Gasteiger partial charge in [-0.1, -0.05) is 26.0 Å². The van der Waals surface area contributed by atoms with Crippen LogP contribution in [0.3, 0.4) is 0 Å². The maximum absolute atomic E-state index is 8.81. The van der Waals surface area contributed by atoms with E-state index in [9.17, 15) is 0 Å². The van der Waals surface area contributed by atoms with E-state index < -0.39 is 0 Å². The summed E-state index contributed by atoms with van der Waals surface area (Å²) < 4.78 is 5.54. The van der Waals surface area contributed by atoms with Crippen molar-refractivity contribution in [1.29, 1.82) is 0 Å². The second-order valence-electron chi connectivity index (χ2n) is 4.74. The fraction of sp³-hybridized carbons (Fsp3) is 0.600. The highest BCUT2D eigenvalue weighted by Crippen LogP contribution is 2.12. The van der Waals surface area contributed by atoms with Crippen LogP contribution in [0.1, 0.15) is 32.3 Å². The molecule has 1 unspecified atom stereocenters. The third kappa shape index (κ3) is 6.03.